The van der Waals surface area contributed by atoms with E-state index in [4.69, 9.17) is 9.78 Å². The Balaban J connectivity index is 1.41. The third kappa shape index (κ3) is 0.870. The number of para-hydroxylation sites is 1. The van der Waals surface area contributed by atoms with Gasteiger partial charge in [-0.3, -0.25) is 0 Å². The zero-order valence-electron chi connectivity index (χ0n) is 14.1. The highest BCUT2D eigenvalue weighted by Gasteiger charge is 3.07. The third-order valence-corrected chi connectivity index (χ3v) is 9.19. The summed E-state index contributed by atoms with van der Waals surface area (Å²) < 4.78 is 4.97. The van der Waals surface area contributed by atoms with E-state index in [-0.39, 0.29) is 46.5 Å². The van der Waals surface area contributed by atoms with Crippen molar-refractivity contribution in [3.63, 3.8) is 0 Å². The van der Waals surface area contributed by atoms with Crippen LogP contribution in [-0.2, 0) is 9.78 Å². The van der Waals surface area contributed by atoms with Crippen LogP contribution in [0.25, 0.3) is 5.69 Å². The van der Waals surface area contributed by atoms with Crippen molar-refractivity contribution in [2.45, 2.75) is 24.3 Å². The van der Waals surface area contributed by atoms with Gasteiger partial charge in [-0.15, -0.1) is 0 Å². The number of nitrogens with zero attached hydrogens (tertiary/aromatic N) is 3. The van der Waals surface area contributed by atoms with Crippen molar-refractivity contribution in [3.05, 3.63) is 63.5 Å². The smallest absolute Gasteiger partial charge is 0.245 e. The molecule has 1 saturated heterocycles. The van der Waals surface area contributed by atoms with Crippen LogP contribution in [0.4, 0.5) is 0 Å². The summed E-state index contributed by atoms with van der Waals surface area (Å²) in [7, 11) is 0. The summed E-state index contributed by atoms with van der Waals surface area (Å²) in [5, 5.41) is 0. The summed E-state index contributed by atoms with van der Waals surface area (Å²) in [6, 6.07) is 9.39. The molecule has 0 radical (unpaired) electrons. The minimum atomic E-state index is -0.202. The Morgan fingerprint density at radius 2 is 1.33 bits per heavy atom. The van der Waals surface area contributed by atoms with Crippen LogP contribution in [0.5, 0.6) is 0 Å². The zero-order chi connectivity index (χ0) is 17.4. The van der Waals surface area contributed by atoms with Gasteiger partial charge in [0.2, 0.25) is 0 Å². The van der Waals surface area contributed by atoms with Crippen molar-refractivity contribution >= 4 is 0 Å². The summed E-state index contributed by atoms with van der Waals surface area (Å²) >= 11 is 0. The van der Waals surface area contributed by atoms with E-state index in [1.165, 1.54) is 4.57 Å². The summed E-state index contributed by atoms with van der Waals surface area (Å²) in [5.74, 6) is 2.22. The van der Waals surface area contributed by atoms with Crippen molar-refractivity contribution in [2.24, 2.45) is 34.5 Å². The van der Waals surface area contributed by atoms with Crippen LogP contribution in [0.15, 0.2) is 52.1 Å². The predicted octanol–water partition coefficient (Wildman–Crippen LogP) is 0.657. The van der Waals surface area contributed by atoms with E-state index in [1.807, 2.05) is 39.7 Å². The van der Waals surface area contributed by atoms with E-state index >= 15 is 0 Å². The first kappa shape index (κ1) is 12.9. The molecule has 1 aromatic heterocycles. The van der Waals surface area contributed by atoms with Crippen molar-refractivity contribution in [2.75, 3.05) is 0 Å². The van der Waals surface area contributed by atoms with E-state index in [9.17, 15) is 9.59 Å². The fourth-order valence-corrected chi connectivity index (χ4v) is 8.98. The van der Waals surface area contributed by atoms with Gasteiger partial charge in [-0.1, -0.05) is 30.4 Å². The van der Waals surface area contributed by atoms with Gasteiger partial charge in [-0.05, 0) is 35.8 Å². The molecule has 5 heterocycles. The highest BCUT2D eigenvalue weighted by Crippen LogP contribution is 3.05. The summed E-state index contributed by atoms with van der Waals surface area (Å²) in [6.45, 7) is 0. The van der Waals surface area contributed by atoms with E-state index in [1.54, 1.807) is 0 Å². The zero-order valence-corrected chi connectivity index (χ0v) is 14.1. The molecule has 27 heavy (non-hydrogen) atoms. The lowest BCUT2D eigenvalue weighted by molar-refractivity contribution is -0.403. The molecule has 5 fully saturated rings. The summed E-state index contributed by atoms with van der Waals surface area (Å²) in [6.07, 6.45) is 4.08. The molecule has 11 rings (SSSR count). The lowest BCUT2D eigenvalue weighted by Gasteiger charge is -2.55. The second-order valence-corrected chi connectivity index (χ2v) is 9.31. The van der Waals surface area contributed by atoms with Gasteiger partial charge >= 0.3 is 11.4 Å². The minimum absolute atomic E-state index is 0.0431. The largest absolute Gasteiger partial charge is 0.352 e. The average Bonchev–Trinajstić information content (AvgIpc) is 3.50. The molecule has 7 heteroatoms. The Bertz CT molecular complexity index is 1180. The normalized spacial score (nSPS) is 54.8. The van der Waals surface area contributed by atoms with Crippen LogP contribution in [0.3, 0.4) is 0 Å². The van der Waals surface area contributed by atoms with E-state index in [2.05, 4.69) is 12.2 Å². The van der Waals surface area contributed by atoms with Crippen LogP contribution < -0.4 is 11.4 Å². The third-order valence-electron chi connectivity index (χ3n) is 9.19. The first-order chi connectivity index (χ1) is 13.3. The van der Waals surface area contributed by atoms with Crippen molar-refractivity contribution in [3.8, 4) is 5.69 Å². The Labute approximate surface area is 152 Å². The molecule has 5 aliphatic carbocycles. The van der Waals surface area contributed by atoms with Crippen molar-refractivity contribution in [1.29, 1.82) is 0 Å². The van der Waals surface area contributed by atoms with Gasteiger partial charge in [-0.25, -0.2) is 33.3 Å². The van der Waals surface area contributed by atoms with E-state index in [0.717, 1.165) is 0 Å². The lowest BCUT2D eigenvalue weighted by atomic mass is 9.64. The van der Waals surface area contributed by atoms with Gasteiger partial charge in [0.25, 0.3) is 0 Å². The highest BCUT2D eigenvalue weighted by molar-refractivity contribution is 5.55. The van der Waals surface area contributed by atoms with Gasteiger partial charge in [0, 0.05) is 10.8 Å². The molecule has 2 aromatic rings. The quantitative estimate of drug-likeness (QED) is 0.553. The number of hydrogen-bond donors (Lipinski definition) is 0. The van der Waals surface area contributed by atoms with Crippen LogP contribution in [0, 0.1) is 34.5 Å². The standard InChI is InChI=1S/C20H15N3O4/c24-17-21(8-4-2-1-3-5-8)18(25)23-16-13-11-12(13)15(22(17)23)19-9-6-7-10(27-26-9)20(16,19)14(11)19/h1-7,9-16H/t9-,10-,11?,12+,13+,14?,15+,16+,19+,20+/m1/s1. The van der Waals surface area contributed by atoms with Gasteiger partial charge < -0.3 is 0 Å². The number of fused-ring (bicyclic) bond motifs is 1. The number of hydrogen-bond acceptors (Lipinski definition) is 4. The minimum Gasteiger partial charge on any atom is -0.245 e. The van der Waals surface area contributed by atoms with Gasteiger partial charge in [0.1, 0.15) is 12.2 Å². The lowest BCUT2D eigenvalue weighted by Crippen LogP contribution is -2.62. The SMILES string of the molecule is O=c1n(-c2ccccc2)c(=O)n2n1[C@H]1[C@H]3C4C5[C@@]16[C@H]1C=C[C@@H](OO1)[C@@]56[C@@H]2[C@@H]43. The maximum Gasteiger partial charge on any atom is 0.352 e. The van der Waals surface area contributed by atoms with Gasteiger partial charge in [-0.2, -0.15) is 0 Å². The van der Waals surface area contributed by atoms with Crippen molar-refractivity contribution < 1.29 is 9.78 Å². The molecule has 0 unspecified atom stereocenters. The maximum absolute atomic E-state index is 13.5. The maximum atomic E-state index is 13.5. The fourth-order valence-electron chi connectivity index (χ4n) is 8.98. The molecular formula is C20H15N3O4. The number of benzene rings is 1. The van der Waals surface area contributed by atoms with Gasteiger partial charge in [0.15, 0.2) is 0 Å². The first-order valence-electron chi connectivity index (χ1n) is 9.77. The molecule has 4 aliphatic heterocycles. The number of aromatic nitrogens is 3. The second-order valence-electron chi connectivity index (χ2n) is 9.31. The van der Waals surface area contributed by atoms with Gasteiger partial charge in [0.05, 0.1) is 17.8 Å². The molecule has 4 saturated carbocycles. The molecule has 134 valence electrons. The Morgan fingerprint density at radius 3 is 1.85 bits per heavy atom. The second kappa shape index (κ2) is 3.29. The summed E-state index contributed by atoms with van der Waals surface area (Å²) in [4.78, 5) is 38.4. The molecule has 4 bridgehead atoms. The average molecular weight is 361 g/mol. The summed E-state index contributed by atoms with van der Waals surface area (Å²) in [5.41, 5.74) is 0.152. The monoisotopic (exact) mass is 361 g/mol. The first-order valence-corrected chi connectivity index (χ1v) is 9.77. The fraction of sp³-hybridized carbons (Fsp3) is 0.500. The Kier molecular flexibility index (Phi) is 1.57. The van der Waals surface area contributed by atoms with Crippen LogP contribution in [0.1, 0.15) is 12.1 Å². The topological polar surface area (TPSA) is 67.4 Å². The molecule has 7 nitrogen and oxygen atoms in total. The molecular weight excluding hydrogens is 346 g/mol. The molecule has 2 spiro atoms. The molecule has 0 N–H and O–H groups in total. The van der Waals surface area contributed by atoms with E-state index in [0.29, 0.717) is 29.4 Å². The van der Waals surface area contributed by atoms with Crippen LogP contribution >= 0.6 is 0 Å². The number of rotatable bonds is 1. The van der Waals surface area contributed by atoms with Crippen LogP contribution in [0.2, 0.25) is 0 Å². The van der Waals surface area contributed by atoms with Crippen molar-refractivity contribution in [1.82, 2.24) is 13.9 Å². The predicted molar refractivity (Wildman–Crippen MR) is 90.1 cm³/mol. The molecule has 1 aromatic carbocycles. The Hall–Kier alpha value is -2.38. The molecule has 9 aliphatic rings. The molecule has 0 amide bonds. The highest BCUT2D eigenvalue weighted by atomic mass is 17.2. The Morgan fingerprint density at radius 1 is 0.778 bits per heavy atom. The molecule has 8 atom stereocenters. The van der Waals surface area contributed by atoms with E-state index < -0.39 is 0 Å². The van der Waals surface area contributed by atoms with Crippen LogP contribution in [-0.4, -0.2) is 26.1 Å².